The fourth-order valence-corrected chi connectivity index (χ4v) is 5.46. The van der Waals surface area contributed by atoms with Gasteiger partial charge in [-0.3, -0.25) is 9.36 Å². The molecule has 3 nitrogen and oxygen atoms in total. The quantitative estimate of drug-likeness (QED) is 0.285. The molecule has 0 radical (unpaired) electrons. The molecule has 1 atom stereocenters. The van der Waals surface area contributed by atoms with Gasteiger partial charge in [-0.2, -0.15) is 0 Å². The van der Waals surface area contributed by atoms with Crippen LogP contribution in [-0.2, 0) is 6.42 Å². The minimum atomic E-state index is -0.171. The molecular formula is C29H28BrNO2. The number of pyridine rings is 1. The van der Waals surface area contributed by atoms with E-state index >= 15 is 0 Å². The Morgan fingerprint density at radius 1 is 1.09 bits per heavy atom. The second-order valence-corrected chi connectivity index (χ2v) is 9.92. The van der Waals surface area contributed by atoms with E-state index in [1.165, 1.54) is 11.1 Å². The average molecular weight is 502 g/mol. The highest BCUT2D eigenvalue weighted by Gasteiger charge is 2.33. The third-order valence-corrected chi connectivity index (χ3v) is 8.05. The SMILES string of the molecule is CCC(C)c1c2c(n(-c3ccccc3)c(=O)c1/C(O)=C(/Br)C(C)=C1CC1)-c1ccccc1C2. The van der Waals surface area contributed by atoms with Gasteiger partial charge in [0.05, 0.1) is 15.7 Å². The average Bonchev–Trinajstić information content (AvgIpc) is 3.63. The lowest BCUT2D eigenvalue weighted by Crippen LogP contribution is -2.27. The molecule has 4 heteroatoms. The maximum atomic E-state index is 14.3. The van der Waals surface area contributed by atoms with Crippen LogP contribution in [-0.4, -0.2) is 9.67 Å². The number of rotatable bonds is 5. The molecule has 168 valence electrons. The fraction of sp³-hybridized carbons (Fsp3) is 0.276. The standard InChI is InChI=1S/C29H28BrNO2/c1-4-17(2)24-23-16-20-10-8-9-13-22(20)27(23)31(21-11-6-5-7-12-21)29(33)25(24)28(32)26(30)18(3)19-14-15-19/h5-13,17,32H,4,14-16H2,1-3H3/b28-26-. The van der Waals surface area contributed by atoms with E-state index < -0.39 is 0 Å². The second-order valence-electron chi connectivity index (χ2n) is 9.13. The summed E-state index contributed by atoms with van der Waals surface area (Å²) in [5, 5.41) is 11.5. The molecule has 1 aromatic heterocycles. The molecule has 2 aliphatic carbocycles. The first-order chi connectivity index (χ1) is 15.9. The zero-order chi connectivity index (χ0) is 23.3. The van der Waals surface area contributed by atoms with Gasteiger partial charge in [-0.1, -0.05) is 61.9 Å². The monoisotopic (exact) mass is 501 g/mol. The van der Waals surface area contributed by atoms with Crippen LogP contribution in [0.2, 0.25) is 0 Å². The minimum absolute atomic E-state index is 0.0515. The molecule has 0 spiro atoms. The molecule has 2 aromatic carbocycles. The predicted molar refractivity (Wildman–Crippen MR) is 139 cm³/mol. The van der Waals surface area contributed by atoms with Gasteiger partial charge in [0.25, 0.3) is 5.56 Å². The molecule has 1 saturated carbocycles. The molecule has 1 unspecified atom stereocenters. The molecule has 3 aromatic rings. The van der Waals surface area contributed by atoms with Gasteiger partial charge in [-0.25, -0.2) is 0 Å². The van der Waals surface area contributed by atoms with Crippen LogP contribution < -0.4 is 5.56 Å². The van der Waals surface area contributed by atoms with Crippen LogP contribution in [0.4, 0.5) is 0 Å². The first-order valence-corrected chi connectivity index (χ1v) is 12.5. The highest BCUT2D eigenvalue weighted by molar-refractivity contribution is 9.12. The molecule has 2 aliphatic rings. The zero-order valence-corrected chi connectivity index (χ0v) is 20.9. The predicted octanol–water partition coefficient (Wildman–Crippen LogP) is 7.65. The lowest BCUT2D eigenvalue weighted by Gasteiger charge is -2.23. The van der Waals surface area contributed by atoms with Gasteiger partial charge in [0.2, 0.25) is 0 Å². The van der Waals surface area contributed by atoms with Crippen LogP contribution >= 0.6 is 15.9 Å². The van der Waals surface area contributed by atoms with Crippen molar-refractivity contribution in [2.75, 3.05) is 0 Å². The summed E-state index contributed by atoms with van der Waals surface area (Å²) < 4.78 is 2.44. The Morgan fingerprint density at radius 2 is 1.76 bits per heavy atom. The van der Waals surface area contributed by atoms with E-state index in [0.29, 0.717) is 10.0 Å². The molecule has 0 bridgehead atoms. The van der Waals surface area contributed by atoms with E-state index in [2.05, 4.69) is 48.0 Å². The number of fused-ring (bicyclic) bond motifs is 3. The van der Waals surface area contributed by atoms with Gasteiger partial charge in [0, 0.05) is 17.7 Å². The smallest absolute Gasteiger partial charge is 0.266 e. The van der Waals surface area contributed by atoms with E-state index in [0.717, 1.165) is 59.3 Å². The zero-order valence-electron chi connectivity index (χ0n) is 19.3. The number of para-hydroxylation sites is 1. The lowest BCUT2D eigenvalue weighted by atomic mass is 9.87. The van der Waals surface area contributed by atoms with E-state index in [1.54, 1.807) is 4.57 Å². The van der Waals surface area contributed by atoms with Gasteiger partial charge in [0.1, 0.15) is 5.76 Å². The second kappa shape index (κ2) is 8.49. The summed E-state index contributed by atoms with van der Waals surface area (Å²) in [4.78, 5) is 14.3. The van der Waals surface area contributed by atoms with Gasteiger partial charge >= 0.3 is 0 Å². The van der Waals surface area contributed by atoms with Crippen LogP contribution in [0.25, 0.3) is 22.7 Å². The maximum absolute atomic E-state index is 14.3. The van der Waals surface area contributed by atoms with Gasteiger partial charge in [0.15, 0.2) is 0 Å². The number of halogens is 1. The van der Waals surface area contributed by atoms with Crippen molar-refractivity contribution < 1.29 is 5.11 Å². The Labute approximate surface area is 203 Å². The fourth-order valence-electron chi connectivity index (χ4n) is 4.98. The molecule has 1 N–H and O–H groups in total. The third-order valence-electron chi connectivity index (χ3n) is 7.08. The first kappa shape index (κ1) is 22.0. The van der Waals surface area contributed by atoms with E-state index in [9.17, 15) is 9.90 Å². The van der Waals surface area contributed by atoms with Crippen molar-refractivity contribution in [3.63, 3.8) is 0 Å². The Balaban J connectivity index is 1.92. The summed E-state index contributed by atoms with van der Waals surface area (Å²) in [6.07, 6.45) is 3.76. The van der Waals surface area contributed by atoms with Crippen molar-refractivity contribution in [3.8, 4) is 16.9 Å². The Hall–Kier alpha value is -2.85. The number of aromatic nitrogens is 1. The van der Waals surface area contributed by atoms with Crippen LogP contribution in [0.5, 0.6) is 0 Å². The normalized spacial score (nSPS) is 15.6. The van der Waals surface area contributed by atoms with Gasteiger partial charge < -0.3 is 5.11 Å². The van der Waals surface area contributed by atoms with Crippen molar-refractivity contribution in [1.29, 1.82) is 0 Å². The number of aliphatic hydroxyl groups excluding tert-OH is 1. The summed E-state index contributed by atoms with van der Waals surface area (Å²) in [6, 6.07) is 18.1. The number of benzene rings is 2. The van der Waals surface area contributed by atoms with Crippen LogP contribution in [0.15, 0.2) is 75.0 Å². The number of hydrogen-bond donors (Lipinski definition) is 1. The first-order valence-electron chi connectivity index (χ1n) is 11.7. The number of allylic oxidation sites excluding steroid dienone is 3. The van der Waals surface area contributed by atoms with Crippen molar-refractivity contribution in [1.82, 2.24) is 4.57 Å². The summed E-state index contributed by atoms with van der Waals surface area (Å²) in [7, 11) is 0. The summed E-state index contributed by atoms with van der Waals surface area (Å²) >= 11 is 3.64. The van der Waals surface area contributed by atoms with Crippen molar-refractivity contribution in [2.24, 2.45) is 0 Å². The summed E-state index contributed by atoms with van der Waals surface area (Å²) in [6.45, 7) is 6.31. The molecule has 5 rings (SSSR count). The van der Waals surface area contributed by atoms with Gasteiger partial charge in [-0.15, -0.1) is 0 Å². The topological polar surface area (TPSA) is 42.2 Å². The summed E-state index contributed by atoms with van der Waals surface area (Å²) in [5.74, 6) is 0.188. The maximum Gasteiger partial charge on any atom is 0.266 e. The Morgan fingerprint density at radius 3 is 2.42 bits per heavy atom. The molecular weight excluding hydrogens is 474 g/mol. The molecule has 33 heavy (non-hydrogen) atoms. The summed E-state index contributed by atoms with van der Waals surface area (Å²) in [5.41, 5.74) is 8.84. The molecule has 1 fully saturated rings. The molecule has 0 aliphatic heterocycles. The van der Waals surface area contributed by atoms with Crippen molar-refractivity contribution in [2.45, 2.75) is 52.4 Å². The highest BCUT2D eigenvalue weighted by atomic mass is 79.9. The van der Waals surface area contributed by atoms with Crippen LogP contribution in [0.3, 0.4) is 0 Å². The number of nitrogens with zero attached hydrogens (tertiary/aromatic N) is 1. The lowest BCUT2D eigenvalue weighted by molar-refractivity contribution is 0.506. The van der Waals surface area contributed by atoms with Crippen LogP contribution in [0, 0.1) is 0 Å². The molecule has 1 heterocycles. The number of hydrogen-bond acceptors (Lipinski definition) is 2. The van der Waals surface area contributed by atoms with Crippen molar-refractivity contribution in [3.05, 3.63) is 103 Å². The third kappa shape index (κ3) is 3.61. The van der Waals surface area contributed by atoms with E-state index in [1.807, 2.05) is 43.3 Å². The molecule has 0 saturated heterocycles. The Kier molecular flexibility index (Phi) is 5.65. The largest absolute Gasteiger partial charge is 0.506 e. The van der Waals surface area contributed by atoms with Crippen molar-refractivity contribution >= 4 is 21.7 Å². The van der Waals surface area contributed by atoms with Crippen LogP contribution in [0.1, 0.15) is 68.2 Å². The van der Waals surface area contributed by atoms with E-state index in [4.69, 9.17) is 0 Å². The van der Waals surface area contributed by atoms with E-state index in [-0.39, 0.29) is 17.2 Å². The molecule has 0 amide bonds. The minimum Gasteiger partial charge on any atom is -0.506 e. The number of aliphatic hydroxyl groups is 1. The Bertz CT molecular complexity index is 1370. The van der Waals surface area contributed by atoms with Gasteiger partial charge in [-0.05, 0) is 82.4 Å². The highest BCUT2D eigenvalue weighted by Crippen LogP contribution is 2.45.